The van der Waals surface area contributed by atoms with Gasteiger partial charge in [-0.1, -0.05) is 17.7 Å². The lowest BCUT2D eigenvalue weighted by Crippen LogP contribution is -2.54. The predicted molar refractivity (Wildman–Crippen MR) is 152 cm³/mol. The van der Waals surface area contributed by atoms with Crippen LogP contribution in [0.15, 0.2) is 35.2 Å². The van der Waals surface area contributed by atoms with Gasteiger partial charge in [-0.25, -0.2) is 8.42 Å². The van der Waals surface area contributed by atoms with Gasteiger partial charge < -0.3 is 20.0 Å². The molecule has 14 heteroatoms. The van der Waals surface area contributed by atoms with Gasteiger partial charge in [0.1, 0.15) is 6.04 Å². The molecule has 0 unspecified atom stereocenters. The van der Waals surface area contributed by atoms with Crippen LogP contribution in [0.5, 0.6) is 0 Å². The maximum Gasteiger partial charge on any atom is 0.261 e. The van der Waals surface area contributed by atoms with E-state index in [0.717, 1.165) is 11.3 Å². The van der Waals surface area contributed by atoms with Crippen LogP contribution in [0.25, 0.3) is 0 Å². The maximum atomic E-state index is 13.7. The van der Waals surface area contributed by atoms with E-state index in [1.54, 1.807) is 41.0 Å². The number of sulfonamides is 1. The van der Waals surface area contributed by atoms with Crippen molar-refractivity contribution in [1.82, 2.24) is 19.8 Å². The van der Waals surface area contributed by atoms with Crippen LogP contribution in [0.2, 0.25) is 4.34 Å². The molecule has 2 N–H and O–H groups in total. The van der Waals surface area contributed by atoms with Crippen LogP contribution in [-0.4, -0.2) is 87.2 Å². The third kappa shape index (κ3) is 6.82. The van der Waals surface area contributed by atoms with Crippen LogP contribution in [0, 0.1) is 6.92 Å². The van der Waals surface area contributed by atoms with Gasteiger partial charge in [0.2, 0.25) is 27.7 Å². The SMILES string of the molecule is CC(=O)N1CCCN(C(=O)[C@H](CNC(=O)c2ccc(Cl)s2)NS(=O)(=O)c2cccc(N3CCCC3=O)c2C)CC1. The standard InChI is InChI=1S/C26H32ClN5O6S2/c1-17-20(32-13-4-8-24(32)34)6-3-7-22(17)40(37,38)29-19(16-28-25(35)21-9-10-23(27)39-21)26(36)31-12-5-11-30(14-15-31)18(2)33/h3,6-7,9-10,19,29H,4-5,8,11-16H2,1-2H3,(H,28,35)/t19-/m0/s1. The van der Waals surface area contributed by atoms with Gasteiger partial charge >= 0.3 is 0 Å². The highest BCUT2D eigenvalue weighted by Gasteiger charge is 2.33. The number of halogens is 1. The molecule has 1 atom stereocenters. The summed E-state index contributed by atoms with van der Waals surface area (Å²) in [6.07, 6.45) is 1.63. The van der Waals surface area contributed by atoms with Crippen molar-refractivity contribution in [2.24, 2.45) is 0 Å². The number of anilines is 1. The van der Waals surface area contributed by atoms with Gasteiger partial charge in [-0.05, 0) is 49.6 Å². The van der Waals surface area contributed by atoms with Crippen LogP contribution in [-0.2, 0) is 24.4 Å². The molecule has 3 heterocycles. The predicted octanol–water partition coefficient (Wildman–Crippen LogP) is 1.99. The Hall–Kier alpha value is -3.00. The minimum absolute atomic E-state index is 0.0579. The molecule has 2 fully saturated rings. The molecular weight excluding hydrogens is 578 g/mol. The van der Waals surface area contributed by atoms with E-state index in [-0.39, 0.29) is 29.8 Å². The number of carbonyl (C=O) groups is 4. The fourth-order valence-corrected chi connectivity index (χ4v) is 7.32. The van der Waals surface area contributed by atoms with Crippen LogP contribution in [0.3, 0.4) is 0 Å². The smallest absolute Gasteiger partial charge is 0.261 e. The average Bonchev–Trinajstić information content (AvgIpc) is 3.45. The van der Waals surface area contributed by atoms with Crippen molar-refractivity contribution in [3.63, 3.8) is 0 Å². The van der Waals surface area contributed by atoms with Crippen molar-refractivity contribution in [2.45, 2.75) is 44.0 Å². The Labute approximate surface area is 242 Å². The molecule has 4 amide bonds. The maximum absolute atomic E-state index is 13.7. The Balaban J connectivity index is 1.58. The van der Waals surface area contributed by atoms with Crippen molar-refractivity contribution < 1.29 is 27.6 Å². The first-order valence-corrected chi connectivity index (χ1v) is 15.7. The second-order valence-electron chi connectivity index (χ2n) is 9.72. The van der Waals surface area contributed by atoms with E-state index < -0.39 is 27.9 Å². The molecule has 11 nitrogen and oxygen atoms in total. The number of rotatable bonds is 8. The molecule has 2 aromatic rings. The molecule has 216 valence electrons. The van der Waals surface area contributed by atoms with Crippen LogP contribution < -0.4 is 14.9 Å². The quantitative estimate of drug-likeness (QED) is 0.470. The second-order valence-corrected chi connectivity index (χ2v) is 13.1. The summed E-state index contributed by atoms with van der Waals surface area (Å²) in [7, 11) is -4.25. The van der Waals surface area contributed by atoms with Crippen molar-refractivity contribution in [1.29, 1.82) is 0 Å². The summed E-state index contributed by atoms with van der Waals surface area (Å²) in [4.78, 5) is 55.5. The fourth-order valence-electron chi connectivity index (χ4n) is 4.91. The number of nitrogens with one attached hydrogen (secondary N) is 2. The molecular formula is C26H32ClN5O6S2. The van der Waals surface area contributed by atoms with Crippen molar-refractivity contribution >= 4 is 62.3 Å². The van der Waals surface area contributed by atoms with Crippen molar-refractivity contribution in [3.05, 3.63) is 45.1 Å². The van der Waals surface area contributed by atoms with Gasteiger partial charge in [0.15, 0.2) is 0 Å². The zero-order chi connectivity index (χ0) is 29.0. The highest BCUT2D eigenvalue weighted by Crippen LogP contribution is 2.29. The molecule has 0 saturated carbocycles. The average molecular weight is 610 g/mol. The summed E-state index contributed by atoms with van der Waals surface area (Å²) < 4.78 is 30.2. The largest absolute Gasteiger partial charge is 0.349 e. The minimum Gasteiger partial charge on any atom is -0.349 e. The molecule has 2 aliphatic heterocycles. The Kier molecular flexibility index (Phi) is 9.49. The number of hydrogen-bond acceptors (Lipinski definition) is 7. The monoisotopic (exact) mass is 609 g/mol. The number of amides is 4. The third-order valence-electron chi connectivity index (χ3n) is 7.02. The summed E-state index contributed by atoms with van der Waals surface area (Å²) in [6, 6.07) is 6.49. The lowest BCUT2D eigenvalue weighted by Gasteiger charge is -2.27. The van der Waals surface area contributed by atoms with Gasteiger partial charge in [-0.3, -0.25) is 19.2 Å². The number of carbonyl (C=O) groups excluding carboxylic acids is 4. The van der Waals surface area contributed by atoms with E-state index in [1.165, 1.54) is 17.9 Å². The first-order chi connectivity index (χ1) is 19.0. The molecule has 1 aromatic heterocycles. The topological polar surface area (TPSA) is 136 Å². The summed E-state index contributed by atoms with van der Waals surface area (Å²) in [5.41, 5.74) is 0.897. The number of benzene rings is 1. The molecule has 2 saturated heterocycles. The molecule has 0 aliphatic carbocycles. The Bertz CT molecular complexity index is 1410. The van der Waals surface area contributed by atoms with Gasteiger partial charge in [0.05, 0.1) is 14.1 Å². The Morgan fingerprint density at radius 3 is 2.40 bits per heavy atom. The summed E-state index contributed by atoms with van der Waals surface area (Å²) in [5.74, 6) is -1.17. The minimum atomic E-state index is -4.25. The van der Waals surface area contributed by atoms with E-state index in [4.69, 9.17) is 11.6 Å². The van der Waals surface area contributed by atoms with E-state index in [9.17, 15) is 27.6 Å². The highest BCUT2D eigenvalue weighted by atomic mass is 35.5. The molecule has 1 aromatic carbocycles. The molecule has 0 spiro atoms. The Morgan fingerprint density at radius 2 is 1.75 bits per heavy atom. The van der Waals surface area contributed by atoms with Crippen molar-refractivity contribution in [2.75, 3.05) is 44.2 Å². The summed E-state index contributed by atoms with van der Waals surface area (Å²) in [5, 5.41) is 2.65. The first kappa shape index (κ1) is 30.0. The number of nitrogens with zero attached hydrogens (tertiary/aromatic N) is 3. The van der Waals surface area contributed by atoms with Gasteiger partial charge in [-0.15, -0.1) is 11.3 Å². The number of hydrogen-bond donors (Lipinski definition) is 2. The fraction of sp³-hybridized carbons (Fsp3) is 0.462. The van der Waals surface area contributed by atoms with Gasteiger partial charge in [0.25, 0.3) is 5.91 Å². The number of thiophene rings is 1. The lowest BCUT2D eigenvalue weighted by molar-refractivity contribution is -0.133. The second kappa shape index (κ2) is 12.7. The van der Waals surface area contributed by atoms with Gasteiger partial charge in [0, 0.05) is 58.3 Å². The van der Waals surface area contributed by atoms with E-state index in [0.29, 0.717) is 65.9 Å². The summed E-state index contributed by atoms with van der Waals surface area (Å²) in [6.45, 7) is 4.67. The molecule has 2 aliphatic rings. The Morgan fingerprint density at radius 1 is 1.02 bits per heavy atom. The third-order valence-corrected chi connectivity index (χ3v) is 9.87. The molecule has 4 rings (SSSR count). The molecule has 40 heavy (non-hydrogen) atoms. The van der Waals surface area contributed by atoms with E-state index in [2.05, 4.69) is 10.0 Å². The molecule has 0 bridgehead atoms. The molecule has 0 radical (unpaired) electrons. The van der Waals surface area contributed by atoms with Crippen molar-refractivity contribution in [3.8, 4) is 0 Å². The van der Waals surface area contributed by atoms with Crippen LogP contribution in [0.1, 0.15) is 41.4 Å². The lowest BCUT2D eigenvalue weighted by atomic mass is 10.2. The zero-order valence-corrected chi connectivity index (χ0v) is 24.7. The normalized spacial score (nSPS) is 17.1. The van der Waals surface area contributed by atoms with Crippen LogP contribution in [0.4, 0.5) is 5.69 Å². The highest BCUT2D eigenvalue weighted by molar-refractivity contribution is 7.89. The summed E-state index contributed by atoms with van der Waals surface area (Å²) >= 11 is 7.01. The first-order valence-electron chi connectivity index (χ1n) is 13.0. The van der Waals surface area contributed by atoms with Gasteiger partial charge in [-0.2, -0.15) is 4.72 Å². The van der Waals surface area contributed by atoms with Crippen LogP contribution >= 0.6 is 22.9 Å². The van der Waals surface area contributed by atoms with E-state index >= 15 is 0 Å². The van der Waals surface area contributed by atoms with E-state index in [1.807, 2.05) is 0 Å². The zero-order valence-electron chi connectivity index (χ0n) is 22.3.